The van der Waals surface area contributed by atoms with Crippen molar-refractivity contribution in [2.75, 3.05) is 24.7 Å². The highest BCUT2D eigenvalue weighted by molar-refractivity contribution is 7.98. The molecular weight excluding hydrogens is 499 g/mol. The molecule has 0 unspecified atom stereocenters. The summed E-state index contributed by atoms with van der Waals surface area (Å²) >= 11 is 3.19. The van der Waals surface area contributed by atoms with Gasteiger partial charge in [0.25, 0.3) is 0 Å². The fourth-order valence-corrected chi connectivity index (χ4v) is 7.07. The molecule has 35 heavy (non-hydrogen) atoms. The highest BCUT2D eigenvalue weighted by Gasteiger charge is 2.32. The maximum atomic E-state index is 13.0. The molecule has 0 spiro atoms. The molecule has 2 heterocycles. The first kappa shape index (κ1) is 24.0. The third-order valence-electron chi connectivity index (χ3n) is 6.19. The summed E-state index contributed by atoms with van der Waals surface area (Å²) < 4.78 is 28.6. The molecule has 5 rings (SSSR count). The molecule has 0 saturated carbocycles. The molecule has 1 aliphatic rings. The molecule has 1 aromatic heterocycles. The van der Waals surface area contributed by atoms with E-state index in [-0.39, 0.29) is 11.8 Å². The van der Waals surface area contributed by atoms with Crippen molar-refractivity contribution in [3.8, 4) is 10.6 Å². The number of fused-ring (bicyclic) bond motifs is 1. The van der Waals surface area contributed by atoms with Crippen molar-refractivity contribution in [2.24, 2.45) is 5.92 Å². The van der Waals surface area contributed by atoms with E-state index in [1.54, 1.807) is 35.2 Å². The lowest BCUT2D eigenvalue weighted by atomic mass is 9.97. The summed E-state index contributed by atoms with van der Waals surface area (Å²) in [5.41, 5.74) is 2.64. The molecule has 0 aliphatic carbocycles. The highest BCUT2D eigenvalue weighted by atomic mass is 32.2. The lowest BCUT2D eigenvalue weighted by Gasteiger charge is -2.30. The van der Waals surface area contributed by atoms with Crippen molar-refractivity contribution in [1.82, 2.24) is 9.29 Å². The fraction of sp³-hybridized carbons (Fsp3) is 0.231. The van der Waals surface area contributed by atoms with Crippen LogP contribution in [0.4, 0.5) is 5.69 Å². The minimum Gasteiger partial charge on any atom is -0.326 e. The molecule has 0 radical (unpaired) electrons. The number of hydrogen-bond acceptors (Lipinski definition) is 6. The van der Waals surface area contributed by atoms with Crippen LogP contribution in [0.25, 0.3) is 20.8 Å². The Morgan fingerprint density at radius 1 is 1.03 bits per heavy atom. The zero-order valence-electron chi connectivity index (χ0n) is 19.2. The van der Waals surface area contributed by atoms with E-state index in [9.17, 15) is 13.2 Å². The Bertz CT molecular complexity index is 1420. The van der Waals surface area contributed by atoms with Gasteiger partial charge < -0.3 is 5.32 Å². The summed E-state index contributed by atoms with van der Waals surface area (Å²) in [6.45, 7) is 0.660. The Balaban J connectivity index is 1.22. The molecule has 1 aliphatic heterocycles. The molecule has 180 valence electrons. The van der Waals surface area contributed by atoms with E-state index in [1.165, 1.54) is 4.31 Å². The number of nitrogens with zero attached hydrogens (tertiary/aromatic N) is 2. The Hall–Kier alpha value is -2.72. The Morgan fingerprint density at radius 3 is 2.49 bits per heavy atom. The topological polar surface area (TPSA) is 79.4 Å². The minimum atomic E-state index is -3.56. The number of rotatable bonds is 6. The maximum absolute atomic E-state index is 13.0. The van der Waals surface area contributed by atoms with Crippen LogP contribution in [-0.4, -0.2) is 43.0 Å². The number of anilines is 1. The van der Waals surface area contributed by atoms with Gasteiger partial charge in [0.2, 0.25) is 15.9 Å². The molecule has 3 aromatic carbocycles. The number of aromatic nitrogens is 1. The van der Waals surface area contributed by atoms with Gasteiger partial charge in [0.1, 0.15) is 5.01 Å². The first-order chi connectivity index (χ1) is 16.9. The number of carbonyl (C=O) groups is 1. The molecule has 1 fully saturated rings. The highest BCUT2D eigenvalue weighted by Crippen LogP contribution is 2.32. The number of thioether (sulfide) groups is 1. The zero-order chi connectivity index (χ0) is 24.4. The van der Waals surface area contributed by atoms with Crippen molar-refractivity contribution in [2.45, 2.75) is 22.6 Å². The number of piperidine rings is 1. The summed E-state index contributed by atoms with van der Waals surface area (Å²) in [6.07, 6.45) is 2.94. The van der Waals surface area contributed by atoms with Gasteiger partial charge in [0.15, 0.2) is 0 Å². The molecule has 0 bridgehead atoms. The van der Waals surface area contributed by atoms with E-state index in [0.29, 0.717) is 30.8 Å². The average Bonchev–Trinajstić information content (AvgIpc) is 3.33. The minimum absolute atomic E-state index is 0.0761. The van der Waals surface area contributed by atoms with Crippen LogP contribution < -0.4 is 5.32 Å². The summed E-state index contributed by atoms with van der Waals surface area (Å²) in [4.78, 5) is 19.0. The molecule has 0 atom stereocenters. The van der Waals surface area contributed by atoms with E-state index < -0.39 is 10.0 Å². The summed E-state index contributed by atoms with van der Waals surface area (Å²) in [5.74, 6) is -0.306. The average molecular weight is 524 g/mol. The molecule has 9 heteroatoms. The quantitative estimate of drug-likeness (QED) is 0.327. The molecule has 6 nitrogen and oxygen atoms in total. The van der Waals surface area contributed by atoms with Gasteiger partial charge in [-0.15, -0.1) is 23.1 Å². The molecule has 1 saturated heterocycles. The van der Waals surface area contributed by atoms with Gasteiger partial charge in [0.05, 0.1) is 15.1 Å². The first-order valence-corrected chi connectivity index (χ1v) is 14.8. The van der Waals surface area contributed by atoms with Crippen molar-refractivity contribution in [1.29, 1.82) is 0 Å². The summed E-state index contributed by atoms with van der Waals surface area (Å²) in [5, 5.41) is 3.93. The van der Waals surface area contributed by atoms with Crippen molar-refractivity contribution in [3.05, 3.63) is 72.8 Å². The number of carbonyl (C=O) groups excluding carboxylic acids is 1. The molecule has 1 amide bonds. The number of benzene rings is 3. The number of thiazole rings is 1. The fourth-order valence-electron chi connectivity index (χ4n) is 4.23. The van der Waals surface area contributed by atoms with Crippen molar-refractivity contribution in [3.63, 3.8) is 0 Å². The number of para-hydroxylation sites is 1. The van der Waals surface area contributed by atoms with Gasteiger partial charge >= 0.3 is 0 Å². The number of hydrogen-bond donors (Lipinski definition) is 1. The Morgan fingerprint density at radius 2 is 1.77 bits per heavy atom. The molecule has 1 N–H and O–H groups in total. The Kier molecular flexibility index (Phi) is 6.93. The Labute approximate surface area is 213 Å². The second kappa shape index (κ2) is 10.1. The third kappa shape index (κ3) is 5.13. The normalized spacial score (nSPS) is 15.3. The lowest BCUT2D eigenvalue weighted by Crippen LogP contribution is -2.41. The smallest absolute Gasteiger partial charge is 0.243 e. The summed E-state index contributed by atoms with van der Waals surface area (Å²) in [6, 6.07) is 22.7. The molecule has 4 aromatic rings. The van der Waals surface area contributed by atoms with Gasteiger partial charge in [-0.05, 0) is 67.6 Å². The van der Waals surface area contributed by atoms with Crippen LogP contribution in [0.2, 0.25) is 0 Å². The van der Waals surface area contributed by atoms with Gasteiger partial charge in [-0.3, -0.25) is 4.79 Å². The predicted molar refractivity (Wildman–Crippen MR) is 143 cm³/mol. The van der Waals surface area contributed by atoms with Crippen LogP contribution in [0.1, 0.15) is 12.8 Å². The third-order valence-corrected chi connectivity index (χ3v) is 9.93. The number of amides is 1. The first-order valence-electron chi connectivity index (χ1n) is 11.3. The van der Waals surface area contributed by atoms with E-state index in [1.807, 2.05) is 66.9 Å². The summed E-state index contributed by atoms with van der Waals surface area (Å²) in [7, 11) is -3.56. The SMILES string of the molecule is CSc1ccc(S(=O)(=O)N2CCC(C(=O)Nc3cccc(-c4nc5ccccc5s4)c3)CC2)cc1. The number of sulfonamides is 1. The van der Waals surface area contributed by atoms with Crippen LogP contribution in [0.15, 0.2) is 82.6 Å². The lowest BCUT2D eigenvalue weighted by molar-refractivity contribution is -0.120. The van der Waals surface area contributed by atoms with E-state index >= 15 is 0 Å². The molecular formula is C26H25N3O3S3. The second-order valence-electron chi connectivity index (χ2n) is 8.41. The van der Waals surface area contributed by atoms with Crippen molar-refractivity contribution < 1.29 is 13.2 Å². The van der Waals surface area contributed by atoms with Gasteiger partial charge in [-0.1, -0.05) is 24.3 Å². The van der Waals surface area contributed by atoms with Gasteiger partial charge in [0, 0.05) is 35.2 Å². The van der Waals surface area contributed by atoms with Crippen LogP contribution >= 0.6 is 23.1 Å². The van der Waals surface area contributed by atoms with E-state index in [4.69, 9.17) is 4.98 Å². The van der Waals surface area contributed by atoms with Crippen LogP contribution in [0, 0.1) is 5.92 Å². The largest absolute Gasteiger partial charge is 0.326 e. The predicted octanol–water partition coefficient (Wildman–Crippen LogP) is 5.72. The van der Waals surface area contributed by atoms with Gasteiger partial charge in [-0.2, -0.15) is 4.31 Å². The second-order valence-corrected chi connectivity index (χ2v) is 12.3. The van der Waals surface area contributed by atoms with Crippen LogP contribution in [0.5, 0.6) is 0 Å². The zero-order valence-corrected chi connectivity index (χ0v) is 21.6. The monoisotopic (exact) mass is 523 g/mol. The van der Waals surface area contributed by atoms with Crippen LogP contribution in [-0.2, 0) is 14.8 Å². The van der Waals surface area contributed by atoms with Gasteiger partial charge in [-0.25, -0.2) is 13.4 Å². The van der Waals surface area contributed by atoms with Crippen molar-refractivity contribution >= 4 is 54.9 Å². The standard InChI is InChI=1S/C26H25N3O3S3/c1-33-21-9-11-22(12-10-21)35(31,32)29-15-13-18(14-16-29)25(30)27-20-6-4-5-19(17-20)26-28-23-7-2-3-8-24(23)34-26/h2-12,17-18H,13-16H2,1H3,(H,27,30). The number of nitrogens with one attached hydrogen (secondary N) is 1. The maximum Gasteiger partial charge on any atom is 0.243 e. The van der Waals surface area contributed by atoms with E-state index in [0.717, 1.165) is 31.4 Å². The van der Waals surface area contributed by atoms with E-state index in [2.05, 4.69) is 5.32 Å². The van der Waals surface area contributed by atoms with Crippen LogP contribution in [0.3, 0.4) is 0 Å².